The molecule has 2 aromatic heterocycles. The Hall–Kier alpha value is -5.34. The fourth-order valence-electron chi connectivity index (χ4n) is 3.97. The van der Waals surface area contributed by atoms with E-state index in [1.165, 1.54) is 35.7 Å². The van der Waals surface area contributed by atoms with Gasteiger partial charge in [0.1, 0.15) is 12.3 Å². The molecule has 43 heavy (non-hydrogen) atoms. The van der Waals surface area contributed by atoms with E-state index in [0.29, 0.717) is 28.2 Å². The van der Waals surface area contributed by atoms with Gasteiger partial charge < -0.3 is 30.3 Å². The predicted molar refractivity (Wildman–Crippen MR) is 151 cm³/mol. The van der Waals surface area contributed by atoms with Crippen LogP contribution in [0, 0.1) is 0 Å². The first-order valence-electron chi connectivity index (χ1n) is 12.8. The van der Waals surface area contributed by atoms with E-state index in [4.69, 9.17) is 9.84 Å². The molecule has 0 spiro atoms. The van der Waals surface area contributed by atoms with Crippen molar-refractivity contribution in [3.8, 4) is 16.9 Å². The maximum Gasteiger partial charge on any atom is 0.407 e. The van der Waals surface area contributed by atoms with Gasteiger partial charge in [-0.05, 0) is 48.0 Å². The van der Waals surface area contributed by atoms with Crippen molar-refractivity contribution in [2.24, 2.45) is 0 Å². The Labute approximate surface area is 243 Å². The SMILES string of the molecule is COc1cc(C(=O)N(C)CCN(C)C(=O)O)ccc1Nc1nc2ccc(-c3ccc(C(=O)NCC(F)(F)F)cc3)cn2n1. The summed E-state index contributed by atoms with van der Waals surface area (Å²) in [7, 11) is 4.45. The van der Waals surface area contributed by atoms with Crippen LogP contribution in [0.1, 0.15) is 20.7 Å². The molecule has 3 amide bonds. The monoisotopic (exact) mass is 599 g/mol. The Kier molecular flexibility index (Phi) is 9.02. The van der Waals surface area contributed by atoms with Gasteiger partial charge >= 0.3 is 12.3 Å². The lowest BCUT2D eigenvalue weighted by Gasteiger charge is -2.21. The van der Waals surface area contributed by atoms with Crippen LogP contribution in [0.2, 0.25) is 0 Å². The molecule has 2 aromatic carbocycles. The second-order valence-electron chi connectivity index (χ2n) is 9.50. The first kappa shape index (κ1) is 30.6. The van der Waals surface area contributed by atoms with Crippen LogP contribution in [0.3, 0.4) is 0 Å². The molecule has 12 nitrogen and oxygen atoms in total. The number of ether oxygens (including phenoxy) is 1. The minimum absolute atomic E-state index is 0.0976. The smallest absolute Gasteiger partial charge is 0.407 e. The number of hydrogen-bond acceptors (Lipinski definition) is 7. The molecular weight excluding hydrogens is 571 g/mol. The van der Waals surface area contributed by atoms with Crippen molar-refractivity contribution < 1.29 is 37.4 Å². The Bertz CT molecular complexity index is 1640. The van der Waals surface area contributed by atoms with Gasteiger partial charge in [-0.3, -0.25) is 9.59 Å². The molecule has 3 N–H and O–H groups in total. The van der Waals surface area contributed by atoms with Crippen molar-refractivity contribution in [1.82, 2.24) is 29.7 Å². The topological polar surface area (TPSA) is 141 Å². The van der Waals surface area contributed by atoms with E-state index >= 15 is 0 Å². The number of amides is 3. The van der Waals surface area contributed by atoms with E-state index in [1.54, 1.807) is 55.7 Å². The number of halogens is 3. The number of rotatable bonds is 10. The molecule has 4 rings (SSSR count). The van der Waals surface area contributed by atoms with E-state index in [2.05, 4.69) is 15.4 Å². The van der Waals surface area contributed by atoms with Crippen LogP contribution in [0.4, 0.5) is 29.6 Å². The lowest BCUT2D eigenvalue weighted by atomic mass is 10.1. The lowest BCUT2D eigenvalue weighted by Crippen LogP contribution is -2.36. The molecule has 0 atom stereocenters. The van der Waals surface area contributed by atoms with E-state index < -0.39 is 24.7 Å². The Morgan fingerprint density at radius 2 is 1.60 bits per heavy atom. The average Bonchev–Trinajstić information content (AvgIpc) is 3.39. The summed E-state index contributed by atoms with van der Waals surface area (Å²) in [4.78, 5) is 42.8. The first-order valence-corrected chi connectivity index (χ1v) is 12.8. The summed E-state index contributed by atoms with van der Waals surface area (Å²) >= 11 is 0. The number of likely N-dealkylation sites (N-methyl/N-ethyl adjacent to an activating group) is 2. The van der Waals surface area contributed by atoms with Gasteiger partial charge in [0.25, 0.3) is 11.8 Å². The van der Waals surface area contributed by atoms with Crippen LogP contribution < -0.4 is 15.4 Å². The van der Waals surface area contributed by atoms with Crippen molar-refractivity contribution in [2.45, 2.75) is 6.18 Å². The summed E-state index contributed by atoms with van der Waals surface area (Å²) in [5.74, 6) is -0.521. The number of hydrogen-bond donors (Lipinski definition) is 3. The van der Waals surface area contributed by atoms with Crippen molar-refractivity contribution >= 4 is 35.2 Å². The molecule has 0 saturated carbocycles. The zero-order chi connectivity index (χ0) is 31.3. The van der Waals surface area contributed by atoms with E-state index in [0.717, 1.165) is 10.5 Å². The fraction of sp³-hybridized carbons (Fsp3) is 0.250. The minimum atomic E-state index is -4.50. The Balaban J connectivity index is 1.46. The van der Waals surface area contributed by atoms with E-state index in [9.17, 15) is 27.6 Å². The Morgan fingerprint density at radius 1 is 0.953 bits per heavy atom. The maximum atomic E-state index is 12.8. The molecule has 15 heteroatoms. The van der Waals surface area contributed by atoms with Crippen LogP contribution in [0.5, 0.6) is 5.75 Å². The lowest BCUT2D eigenvalue weighted by molar-refractivity contribution is -0.123. The summed E-state index contributed by atoms with van der Waals surface area (Å²) in [6.07, 6.45) is -3.87. The van der Waals surface area contributed by atoms with Gasteiger partial charge in [0.05, 0.1) is 12.8 Å². The van der Waals surface area contributed by atoms with Crippen LogP contribution in [-0.4, -0.2) is 94.4 Å². The molecule has 0 bridgehead atoms. The predicted octanol–water partition coefficient (Wildman–Crippen LogP) is 4.12. The summed E-state index contributed by atoms with van der Waals surface area (Å²) < 4.78 is 44.1. The number of nitrogens with one attached hydrogen (secondary N) is 2. The number of carbonyl (C=O) groups is 3. The zero-order valence-corrected chi connectivity index (χ0v) is 23.3. The van der Waals surface area contributed by atoms with Crippen molar-refractivity contribution in [3.63, 3.8) is 0 Å². The number of anilines is 2. The summed E-state index contributed by atoms with van der Waals surface area (Å²) in [6, 6.07) is 14.4. The molecule has 2 heterocycles. The summed E-state index contributed by atoms with van der Waals surface area (Å²) in [5, 5.41) is 18.3. The average molecular weight is 600 g/mol. The van der Waals surface area contributed by atoms with Crippen molar-refractivity contribution in [2.75, 3.05) is 46.2 Å². The highest BCUT2D eigenvalue weighted by molar-refractivity contribution is 5.95. The number of methoxy groups -OCH3 is 1. The third kappa shape index (κ3) is 7.69. The fourth-order valence-corrected chi connectivity index (χ4v) is 3.97. The number of fused-ring (bicyclic) bond motifs is 1. The van der Waals surface area contributed by atoms with E-state index in [1.807, 2.05) is 5.32 Å². The van der Waals surface area contributed by atoms with Gasteiger partial charge in [-0.1, -0.05) is 12.1 Å². The van der Waals surface area contributed by atoms with Crippen molar-refractivity contribution in [1.29, 1.82) is 0 Å². The van der Waals surface area contributed by atoms with Crippen LogP contribution >= 0.6 is 0 Å². The zero-order valence-electron chi connectivity index (χ0n) is 23.3. The highest BCUT2D eigenvalue weighted by Gasteiger charge is 2.28. The molecular formula is C28H28F3N7O5. The third-order valence-corrected chi connectivity index (χ3v) is 6.40. The summed E-state index contributed by atoms with van der Waals surface area (Å²) in [6.45, 7) is -1.05. The second-order valence-corrected chi connectivity index (χ2v) is 9.50. The number of nitrogens with zero attached hydrogens (tertiary/aromatic N) is 5. The first-order chi connectivity index (χ1) is 20.3. The minimum Gasteiger partial charge on any atom is -0.495 e. The number of carboxylic acid groups (broad SMARTS) is 1. The van der Waals surface area contributed by atoms with Crippen LogP contribution in [0.25, 0.3) is 16.8 Å². The van der Waals surface area contributed by atoms with Gasteiger partial charge in [0.2, 0.25) is 5.95 Å². The second kappa shape index (κ2) is 12.7. The highest BCUT2D eigenvalue weighted by atomic mass is 19.4. The molecule has 0 aliphatic carbocycles. The van der Waals surface area contributed by atoms with Gasteiger partial charge in [-0.25, -0.2) is 9.31 Å². The molecule has 0 radical (unpaired) electrons. The molecule has 0 fully saturated rings. The number of pyridine rings is 1. The maximum absolute atomic E-state index is 12.8. The Morgan fingerprint density at radius 3 is 2.26 bits per heavy atom. The molecule has 0 saturated heterocycles. The number of aromatic nitrogens is 3. The number of benzene rings is 2. The molecule has 0 aliphatic heterocycles. The van der Waals surface area contributed by atoms with Gasteiger partial charge in [0, 0.05) is 50.1 Å². The van der Waals surface area contributed by atoms with Gasteiger partial charge in [-0.2, -0.15) is 18.2 Å². The molecule has 0 unspecified atom stereocenters. The number of carbonyl (C=O) groups excluding carboxylic acids is 2. The quantitative estimate of drug-likeness (QED) is 0.247. The third-order valence-electron chi connectivity index (χ3n) is 6.40. The highest BCUT2D eigenvalue weighted by Crippen LogP contribution is 2.29. The standard InChI is InChI=1S/C28H28F3N7O5/c1-36(12-13-37(2)27(41)42)25(40)19-8-10-21(22(14-19)43-3)33-26-34-23-11-9-20(15-38(23)35-26)17-4-6-18(7-5-17)24(39)32-16-28(29,30)31/h4-11,14-15H,12-13,16H2,1-3H3,(H,32,39)(H,33,35)(H,41,42). The van der Waals surface area contributed by atoms with Gasteiger partial charge in [0.15, 0.2) is 5.65 Å². The molecule has 226 valence electrons. The number of alkyl halides is 3. The largest absolute Gasteiger partial charge is 0.495 e. The van der Waals surface area contributed by atoms with Crippen LogP contribution in [0.15, 0.2) is 60.8 Å². The molecule has 0 aliphatic rings. The van der Waals surface area contributed by atoms with Crippen molar-refractivity contribution in [3.05, 3.63) is 71.9 Å². The van der Waals surface area contributed by atoms with Crippen LogP contribution in [-0.2, 0) is 0 Å². The molecule has 4 aromatic rings. The summed E-state index contributed by atoms with van der Waals surface area (Å²) in [5.41, 5.74) is 2.90. The normalized spacial score (nSPS) is 11.2. The van der Waals surface area contributed by atoms with Gasteiger partial charge in [-0.15, -0.1) is 5.10 Å². The van der Waals surface area contributed by atoms with E-state index in [-0.39, 0.29) is 30.5 Å².